The van der Waals surface area contributed by atoms with Crippen molar-refractivity contribution in [2.75, 3.05) is 13.2 Å². The van der Waals surface area contributed by atoms with Crippen LogP contribution in [0.1, 0.15) is 348 Å². The lowest BCUT2D eigenvalue weighted by atomic mass is 10.0. The number of carbonyl (C=O) groups is 2. The molecule has 0 aliphatic carbocycles. The van der Waals surface area contributed by atoms with Gasteiger partial charge in [0.15, 0.2) is 0 Å². The van der Waals surface area contributed by atoms with E-state index in [1.54, 1.807) is 0 Å². The van der Waals surface area contributed by atoms with Crippen molar-refractivity contribution >= 4 is 11.9 Å². The Hall–Kier alpha value is -1.14. The Bertz CT molecular complexity index is 944. The lowest BCUT2D eigenvalue weighted by molar-refractivity contribution is -0.143. The Balaban J connectivity index is 3.29. The van der Waals surface area contributed by atoms with Gasteiger partial charge in [-0.05, 0) is 25.7 Å². The standard InChI is InChI=1S/C60H119NO5/c1-3-5-7-9-11-13-14-34-38-42-46-50-54-60(65)66-55-51-47-43-39-35-32-30-28-26-24-22-20-18-16-15-17-19-21-23-25-27-29-31-33-37-41-45-49-53-59(64)61-57(56-62)58(63)52-48-44-40-36-12-10-8-6-4-2/h57-58,62-63H,3-56H2,1-2H3,(H,61,64). The van der Waals surface area contributed by atoms with Crippen LogP contribution in [0.5, 0.6) is 0 Å². The largest absolute Gasteiger partial charge is 0.466 e. The summed E-state index contributed by atoms with van der Waals surface area (Å²) in [6.07, 6.45) is 65.6. The number of aliphatic hydroxyl groups excluding tert-OH is 2. The maximum absolute atomic E-state index is 12.4. The summed E-state index contributed by atoms with van der Waals surface area (Å²) >= 11 is 0. The van der Waals surface area contributed by atoms with E-state index in [0.717, 1.165) is 38.5 Å². The topological polar surface area (TPSA) is 95.9 Å². The molecule has 0 aliphatic rings. The fourth-order valence-electron chi connectivity index (χ4n) is 9.76. The number of unbranched alkanes of at least 4 members (excludes halogenated alkanes) is 46. The molecular formula is C60H119NO5. The highest BCUT2D eigenvalue weighted by atomic mass is 16.5. The van der Waals surface area contributed by atoms with Gasteiger partial charge in [0.1, 0.15) is 0 Å². The molecule has 0 aliphatic heterocycles. The number of hydrogen-bond donors (Lipinski definition) is 3. The van der Waals surface area contributed by atoms with Gasteiger partial charge < -0.3 is 20.3 Å². The van der Waals surface area contributed by atoms with Crippen molar-refractivity contribution in [3.8, 4) is 0 Å². The van der Waals surface area contributed by atoms with Gasteiger partial charge >= 0.3 is 5.97 Å². The van der Waals surface area contributed by atoms with Gasteiger partial charge in [-0.25, -0.2) is 0 Å². The van der Waals surface area contributed by atoms with E-state index in [2.05, 4.69) is 19.2 Å². The van der Waals surface area contributed by atoms with Gasteiger partial charge in [-0.15, -0.1) is 0 Å². The van der Waals surface area contributed by atoms with Crippen molar-refractivity contribution in [1.29, 1.82) is 0 Å². The van der Waals surface area contributed by atoms with Crippen LogP contribution in [0.3, 0.4) is 0 Å². The fourth-order valence-corrected chi connectivity index (χ4v) is 9.76. The van der Waals surface area contributed by atoms with Crippen LogP contribution in [0, 0.1) is 0 Å². The van der Waals surface area contributed by atoms with Crippen LogP contribution in [0.2, 0.25) is 0 Å². The number of esters is 1. The van der Waals surface area contributed by atoms with Gasteiger partial charge in [0.25, 0.3) is 0 Å². The lowest BCUT2D eigenvalue weighted by Crippen LogP contribution is -2.45. The second kappa shape index (κ2) is 56.4. The highest BCUT2D eigenvalue weighted by molar-refractivity contribution is 5.76. The summed E-state index contributed by atoms with van der Waals surface area (Å²) in [6, 6.07) is -0.535. The summed E-state index contributed by atoms with van der Waals surface area (Å²) in [4.78, 5) is 24.4. The molecule has 0 saturated heterocycles. The third-order valence-electron chi connectivity index (χ3n) is 14.4. The molecule has 2 unspecified atom stereocenters. The molecule has 0 aromatic carbocycles. The molecule has 0 fully saturated rings. The Morgan fingerprint density at radius 3 is 0.924 bits per heavy atom. The normalized spacial score (nSPS) is 12.5. The first-order chi connectivity index (χ1) is 32.5. The molecule has 0 saturated carbocycles. The van der Waals surface area contributed by atoms with Crippen molar-refractivity contribution in [3.63, 3.8) is 0 Å². The van der Waals surface area contributed by atoms with Crippen LogP contribution in [0.15, 0.2) is 0 Å². The number of carbonyl (C=O) groups excluding carboxylic acids is 2. The first-order valence-electron chi connectivity index (χ1n) is 30.3. The monoisotopic (exact) mass is 934 g/mol. The predicted molar refractivity (Wildman–Crippen MR) is 287 cm³/mol. The molecule has 6 heteroatoms. The van der Waals surface area contributed by atoms with Crippen LogP contribution in [-0.2, 0) is 14.3 Å². The van der Waals surface area contributed by atoms with Crippen LogP contribution in [0.4, 0.5) is 0 Å². The zero-order valence-electron chi connectivity index (χ0n) is 45.0. The van der Waals surface area contributed by atoms with Gasteiger partial charge in [0.2, 0.25) is 5.91 Å². The minimum absolute atomic E-state index is 0.0200. The smallest absolute Gasteiger partial charge is 0.305 e. The molecule has 2 atom stereocenters. The van der Waals surface area contributed by atoms with Crippen LogP contribution in [-0.4, -0.2) is 47.4 Å². The zero-order chi connectivity index (χ0) is 47.9. The number of aliphatic hydroxyl groups is 2. The van der Waals surface area contributed by atoms with Crippen molar-refractivity contribution in [3.05, 3.63) is 0 Å². The van der Waals surface area contributed by atoms with Crippen molar-refractivity contribution in [2.24, 2.45) is 0 Å². The molecule has 6 nitrogen and oxygen atoms in total. The molecule has 0 aromatic heterocycles. The summed E-state index contributed by atoms with van der Waals surface area (Å²) in [5.74, 6) is -0.0124. The van der Waals surface area contributed by atoms with Crippen molar-refractivity contribution < 1.29 is 24.5 Å². The summed E-state index contributed by atoms with van der Waals surface area (Å²) < 4.78 is 5.48. The first kappa shape index (κ1) is 64.9. The first-order valence-corrected chi connectivity index (χ1v) is 30.3. The highest BCUT2D eigenvalue weighted by Crippen LogP contribution is 2.18. The predicted octanol–water partition coefficient (Wildman–Crippen LogP) is 18.7. The molecule has 3 N–H and O–H groups in total. The van der Waals surface area contributed by atoms with E-state index in [9.17, 15) is 19.8 Å². The Morgan fingerprint density at radius 2 is 0.621 bits per heavy atom. The molecule has 66 heavy (non-hydrogen) atoms. The summed E-state index contributed by atoms with van der Waals surface area (Å²) in [6.45, 7) is 4.96. The number of hydrogen-bond acceptors (Lipinski definition) is 5. The van der Waals surface area contributed by atoms with E-state index >= 15 is 0 Å². The van der Waals surface area contributed by atoms with Crippen molar-refractivity contribution in [1.82, 2.24) is 5.32 Å². The minimum Gasteiger partial charge on any atom is -0.466 e. The van der Waals surface area contributed by atoms with Gasteiger partial charge in [-0.1, -0.05) is 309 Å². The Labute approximate surface area is 413 Å². The Kier molecular flexibility index (Phi) is 55.5. The van der Waals surface area contributed by atoms with E-state index in [4.69, 9.17) is 4.74 Å². The fraction of sp³-hybridized carbons (Fsp3) is 0.967. The maximum atomic E-state index is 12.4. The number of rotatable bonds is 57. The quantitative estimate of drug-likeness (QED) is 0.0417. The van der Waals surface area contributed by atoms with Crippen LogP contribution in [0.25, 0.3) is 0 Å². The molecule has 394 valence electrons. The SMILES string of the molecule is CCCCCCCCCCCCCCC(=O)OCCCCCCCCCCCCCCCCCCCCCCCCCCCCCCC(=O)NC(CO)C(O)CCCCCCCCCCC. The molecule has 0 radical (unpaired) electrons. The van der Waals surface area contributed by atoms with E-state index in [1.165, 1.54) is 276 Å². The van der Waals surface area contributed by atoms with Crippen LogP contribution < -0.4 is 5.32 Å². The van der Waals surface area contributed by atoms with E-state index in [-0.39, 0.29) is 18.5 Å². The average Bonchev–Trinajstić information content (AvgIpc) is 3.32. The van der Waals surface area contributed by atoms with Gasteiger partial charge in [-0.3, -0.25) is 9.59 Å². The lowest BCUT2D eigenvalue weighted by Gasteiger charge is -2.22. The summed E-state index contributed by atoms with van der Waals surface area (Å²) in [7, 11) is 0. The highest BCUT2D eigenvalue weighted by Gasteiger charge is 2.20. The summed E-state index contributed by atoms with van der Waals surface area (Å²) in [5.41, 5.74) is 0. The third-order valence-corrected chi connectivity index (χ3v) is 14.4. The molecule has 0 heterocycles. The number of ether oxygens (including phenoxy) is 1. The molecular weight excluding hydrogens is 815 g/mol. The van der Waals surface area contributed by atoms with Gasteiger partial charge in [0.05, 0.1) is 25.4 Å². The number of amides is 1. The molecule has 0 rings (SSSR count). The van der Waals surface area contributed by atoms with E-state index in [1.807, 2.05) is 0 Å². The Morgan fingerprint density at radius 1 is 0.364 bits per heavy atom. The maximum Gasteiger partial charge on any atom is 0.305 e. The van der Waals surface area contributed by atoms with E-state index < -0.39 is 12.1 Å². The second-order valence-corrected chi connectivity index (χ2v) is 21.1. The van der Waals surface area contributed by atoms with Crippen LogP contribution >= 0.6 is 0 Å². The average molecular weight is 935 g/mol. The number of nitrogens with one attached hydrogen (secondary N) is 1. The summed E-state index contributed by atoms with van der Waals surface area (Å²) in [5, 5.41) is 23.1. The van der Waals surface area contributed by atoms with Crippen molar-refractivity contribution in [2.45, 2.75) is 360 Å². The minimum atomic E-state index is -0.658. The molecule has 0 bridgehead atoms. The second-order valence-electron chi connectivity index (χ2n) is 21.1. The van der Waals surface area contributed by atoms with Gasteiger partial charge in [0, 0.05) is 12.8 Å². The zero-order valence-corrected chi connectivity index (χ0v) is 45.0. The third kappa shape index (κ3) is 52.2. The molecule has 1 amide bonds. The molecule has 0 spiro atoms. The van der Waals surface area contributed by atoms with Gasteiger partial charge in [-0.2, -0.15) is 0 Å². The molecule has 0 aromatic rings. The van der Waals surface area contributed by atoms with E-state index in [0.29, 0.717) is 25.9 Å².